The van der Waals surface area contributed by atoms with Crippen molar-refractivity contribution >= 4 is 17.7 Å². The number of amides is 3. The standard InChI is InChI=1S/C24H31N3O4/c1-17-15-20(18(2)26(17)13-8-14-31-4)21(28)16-27-22(29)24(3,25-23(27)30)12-11-19-9-6-5-7-10-19/h5-7,9-10,15H,8,11-14,16H2,1-4H3,(H,25,30)/t24-/m0/s1. The number of hydrogen-bond acceptors (Lipinski definition) is 4. The number of ketones is 1. The monoisotopic (exact) mass is 425 g/mol. The topological polar surface area (TPSA) is 80.6 Å². The lowest BCUT2D eigenvalue weighted by atomic mass is 9.93. The average Bonchev–Trinajstić information content (AvgIpc) is 3.15. The molecule has 31 heavy (non-hydrogen) atoms. The third-order valence-electron chi connectivity index (χ3n) is 6.01. The highest BCUT2D eigenvalue weighted by molar-refractivity contribution is 6.11. The zero-order valence-electron chi connectivity index (χ0n) is 18.7. The molecule has 7 nitrogen and oxygen atoms in total. The van der Waals surface area contributed by atoms with Gasteiger partial charge >= 0.3 is 6.03 Å². The minimum Gasteiger partial charge on any atom is -0.385 e. The first-order valence-corrected chi connectivity index (χ1v) is 10.6. The summed E-state index contributed by atoms with van der Waals surface area (Å²) in [6, 6.07) is 11.1. The van der Waals surface area contributed by atoms with Gasteiger partial charge in [-0.25, -0.2) is 4.79 Å². The van der Waals surface area contributed by atoms with Crippen molar-refractivity contribution in [1.82, 2.24) is 14.8 Å². The number of benzene rings is 1. The molecular formula is C24H31N3O4. The maximum atomic E-state index is 13.0. The second-order valence-corrected chi connectivity index (χ2v) is 8.35. The highest BCUT2D eigenvalue weighted by Gasteiger charge is 2.47. The Bertz CT molecular complexity index is 967. The quantitative estimate of drug-likeness (QED) is 0.360. The number of carbonyl (C=O) groups is 3. The van der Waals surface area contributed by atoms with Crippen molar-refractivity contribution in [3.63, 3.8) is 0 Å². The number of methoxy groups -OCH3 is 1. The van der Waals surface area contributed by atoms with Crippen LogP contribution >= 0.6 is 0 Å². The van der Waals surface area contributed by atoms with Gasteiger partial charge in [0.2, 0.25) is 0 Å². The normalized spacial score (nSPS) is 18.5. The van der Waals surface area contributed by atoms with E-state index >= 15 is 0 Å². The fraction of sp³-hybridized carbons (Fsp3) is 0.458. The van der Waals surface area contributed by atoms with E-state index in [1.165, 1.54) is 0 Å². The lowest BCUT2D eigenvalue weighted by Crippen LogP contribution is -2.44. The zero-order chi connectivity index (χ0) is 22.6. The molecule has 0 saturated carbocycles. The summed E-state index contributed by atoms with van der Waals surface area (Å²) in [6.45, 7) is 6.70. The third kappa shape index (κ3) is 4.88. The van der Waals surface area contributed by atoms with E-state index in [2.05, 4.69) is 9.88 Å². The van der Waals surface area contributed by atoms with Crippen LogP contribution < -0.4 is 5.32 Å². The average molecular weight is 426 g/mol. The van der Waals surface area contributed by atoms with Crippen LogP contribution in [0.2, 0.25) is 0 Å². The van der Waals surface area contributed by atoms with E-state index in [1.54, 1.807) is 14.0 Å². The van der Waals surface area contributed by atoms with Gasteiger partial charge in [0.25, 0.3) is 5.91 Å². The predicted octanol–water partition coefficient (Wildman–Crippen LogP) is 3.27. The number of carbonyl (C=O) groups excluding carboxylic acids is 3. The first-order valence-electron chi connectivity index (χ1n) is 10.6. The molecule has 1 aromatic carbocycles. The number of aromatic nitrogens is 1. The molecule has 1 fully saturated rings. The summed E-state index contributed by atoms with van der Waals surface area (Å²) in [7, 11) is 1.66. The van der Waals surface area contributed by atoms with Crippen molar-refractivity contribution in [2.75, 3.05) is 20.3 Å². The van der Waals surface area contributed by atoms with E-state index in [1.807, 2.05) is 50.2 Å². The Morgan fingerprint density at radius 3 is 2.55 bits per heavy atom. The molecule has 0 bridgehead atoms. The van der Waals surface area contributed by atoms with E-state index in [-0.39, 0.29) is 18.2 Å². The van der Waals surface area contributed by atoms with E-state index in [9.17, 15) is 14.4 Å². The molecule has 1 aliphatic heterocycles. The molecule has 0 unspecified atom stereocenters. The molecule has 0 aliphatic carbocycles. The van der Waals surface area contributed by atoms with Crippen LogP contribution in [-0.2, 0) is 22.5 Å². The fourth-order valence-electron chi connectivity index (χ4n) is 4.12. The van der Waals surface area contributed by atoms with Crippen LogP contribution in [0.4, 0.5) is 4.79 Å². The van der Waals surface area contributed by atoms with Crippen molar-refractivity contribution in [2.45, 2.75) is 52.1 Å². The Kier molecular flexibility index (Phi) is 6.95. The highest BCUT2D eigenvalue weighted by Crippen LogP contribution is 2.24. The van der Waals surface area contributed by atoms with Crippen LogP contribution in [0.5, 0.6) is 0 Å². The van der Waals surface area contributed by atoms with Crippen LogP contribution in [0, 0.1) is 13.8 Å². The van der Waals surface area contributed by atoms with E-state index in [0.717, 1.165) is 34.8 Å². The number of ether oxygens (including phenoxy) is 1. The van der Waals surface area contributed by atoms with Gasteiger partial charge in [-0.15, -0.1) is 0 Å². The van der Waals surface area contributed by atoms with Crippen molar-refractivity contribution in [3.05, 3.63) is 58.9 Å². The number of aryl methyl sites for hydroxylation is 2. The fourth-order valence-corrected chi connectivity index (χ4v) is 4.12. The molecule has 1 saturated heterocycles. The Hall–Kier alpha value is -2.93. The van der Waals surface area contributed by atoms with Crippen LogP contribution in [0.15, 0.2) is 36.4 Å². The second kappa shape index (κ2) is 9.47. The van der Waals surface area contributed by atoms with Crippen LogP contribution in [0.1, 0.15) is 47.1 Å². The van der Waals surface area contributed by atoms with E-state index in [4.69, 9.17) is 4.74 Å². The summed E-state index contributed by atoms with van der Waals surface area (Å²) in [5.41, 5.74) is 2.46. The molecule has 1 aliphatic rings. The lowest BCUT2D eigenvalue weighted by Gasteiger charge is -2.21. The van der Waals surface area contributed by atoms with Gasteiger partial charge < -0.3 is 14.6 Å². The molecule has 1 N–H and O–H groups in total. The minimum atomic E-state index is -1.01. The van der Waals surface area contributed by atoms with Gasteiger partial charge in [0.15, 0.2) is 5.78 Å². The summed E-state index contributed by atoms with van der Waals surface area (Å²) < 4.78 is 7.18. The molecule has 166 valence electrons. The second-order valence-electron chi connectivity index (χ2n) is 8.35. The summed E-state index contributed by atoms with van der Waals surface area (Å²) in [5, 5.41) is 2.79. The number of urea groups is 1. The van der Waals surface area contributed by atoms with Gasteiger partial charge in [-0.1, -0.05) is 30.3 Å². The number of nitrogens with zero attached hydrogens (tertiary/aromatic N) is 2. The van der Waals surface area contributed by atoms with E-state index < -0.39 is 11.6 Å². The maximum absolute atomic E-state index is 13.0. The number of hydrogen-bond donors (Lipinski definition) is 1. The number of rotatable bonds is 10. The van der Waals surface area contributed by atoms with Gasteiger partial charge in [-0.3, -0.25) is 14.5 Å². The molecule has 0 radical (unpaired) electrons. The van der Waals surface area contributed by atoms with Gasteiger partial charge in [-0.05, 0) is 51.7 Å². The first kappa shape index (κ1) is 22.7. The van der Waals surface area contributed by atoms with Gasteiger partial charge in [0, 0.05) is 37.2 Å². The van der Waals surface area contributed by atoms with Crippen LogP contribution in [-0.4, -0.2) is 53.0 Å². The predicted molar refractivity (Wildman–Crippen MR) is 118 cm³/mol. The third-order valence-corrected chi connectivity index (χ3v) is 6.01. The first-order chi connectivity index (χ1) is 14.8. The summed E-state index contributed by atoms with van der Waals surface area (Å²) >= 11 is 0. The zero-order valence-corrected chi connectivity index (χ0v) is 18.7. The van der Waals surface area contributed by atoms with Crippen LogP contribution in [0.25, 0.3) is 0 Å². The molecule has 2 heterocycles. The van der Waals surface area contributed by atoms with Gasteiger partial charge in [0.1, 0.15) is 5.54 Å². The van der Waals surface area contributed by atoms with Crippen molar-refractivity contribution in [3.8, 4) is 0 Å². The Balaban J connectivity index is 1.68. The van der Waals surface area contributed by atoms with Crippen molar-refractivity contribution in [2.24, 2.45) is 0 Å². The maximum Gasteiger partial charge on any atom is 0.325 e. The van der Waals surface area contributed by atoms with Crippen molar-refractivity contribution < 1.29 is 19.1 Å². The minimum absolute atomic E-state index is 0.234. The summed E-state index contributed by atoms with van der Waals surface area (Å²) in [4.78, 5) is 39.6. The Morgan fingerprint density at radius 2 is 1.87 bits per heavy atom. The lowest BCUT2D eigenvalue weighted by molar-refractivity contribution is -0.130. The van der Waals surface area contributed by atoms with Gasteiger partial charge in [-0.2, -0.15) is 0 Å². The largest absolute Gasteiger partial charge is 0.385 e. The molecular weight excluding hydrogens is 394 g/mol. The molecule has 1 atom stereocenters. The Labute approximate surface area is 183 Å². The molecule has 3 amide bonds. The van der Waals surface area contributed by atoms with Gasteiger partial charge in [0.05, 0.1) is 6.54 Å². The molecule has 7 heteroatoms. The molecule has 2 aromatic rings. The highest BCUT2D eigenvalue weighted by atomic mass is 16.5. The molecule has 0 spiro atoms. The number of Topliss-reactive ketones (excluding diaryl/α,β-unsaturated/α-hetero) is 1. The van der Waals surface area contributed by atoms with E-state index in [0.29, 0.717) is 25.0 Å². The molecule has 3 rings (SSSR count). The van der Waals surface area contributed by atoms with Crippen LogP contribution in [0.3, 0.4) is 0 Å². The molecule has 1 aromatic heterocycles. The summed E-state index contributed by atoms with van der Waals surface area (Å²) in [5.74, 6) is -0.586. The number of imide groups is 1. The van der Waals surface area contributed by atoms with Crippen molar-refractivity contribution in [1.29, 1.82) is 0 Å². The number of nitrogens with one attached hydrogen (secondary N) is 1. The smallest absolute Gasteiger partial charge is 0.325 e. The summed E-state index contributed by atoms with van der Waals surface area (Å²) in [6.07, 6.45) is 1.97. The Morgan fingerprint density at radius 1 is 1.16 bits per heavy atom. The SMILES string of the molecule is COCCCn1c(C)cc(C(=O)CN2C(=O)N[C@@](C)(CCc3ccccc3)C2=O)c1C.